The summed E-state index contributed by atoms with van der Waals surface area (Å²) in [6.07, 6.45) is 1.24. The van der Waals surface area contributed by atoms with Crippen LogP contribution in [0.4, 0.5) is 14.9 Å². The van der Waals surface area contributed by atoms with Gasteiger partial charge in [-0.1, -0.05) is 26.0 Å². The van der Waals surface area contributed by atoms with Crippen molar-refractivity contribution in [1.29, 1.82) is 0 Å². The predicted octanol–water partition coefficient (Wildman–Crippen LogP) is 4.22. The SMILES string of the molecule is CO[C@H]1C[C@H](C)Cc2cc(cc(F)c2O)NC(=O)/C(C)=C/CC[C@H](OC)[C@@H](OC(N)=O)/C(C)=C/[C@H](C)[C@H]1O. The van der Waals surface area contributed by atoms with Gasteiger partial charge in [0.1, 0.15) is 0 Å². The summed E-state index contributed by atoms with van der Waals surface area (Å²) in [6.45, 7) is 7.14. The number of fused-ring (bicyclic) bond motifs is 2. The fourth-order valence-electron chi connectivity index (χ4n) is 4.83. The Bertz CT molecular complexity index is 1040. The number of phenolic OH excluding ortho intramolecular Hbond substituents is 1. The number of rotatable bonds is 3. The zero-order valence-electron chi connectivity index (χ0n) is 23.0. The number of halogens is 1. The summed E-state index contributed by atoms with van der Waals surface area (Å²) in [6, 6.07) is 2.62. The van der Waals surface area contributed by atoms with Gasteiger partial charge in [-0.2, -0.15) is 0 Å². The molecule has 0 unspecified atom stereocenters. The van der Waals surface area contributed by atoms with Crippen LogP contribution in [0.25, 0.3) is 0 Å². The molecule has 2 amide bonds. The van der Waals surface area contributed by atoms with Crippen LogP contribution in [-0.2, 0) is 25.4 Å². The number of aromatic hydroxyl groups is 1. The molecule has 1 aromatic rings. The molecular weight excluding hydrogens is 495 g/mol. The molecule has 5 N–H and O–H groups in total. The summed E-state index contributed by atoms with van der Waals surface area (Å²) in [7, 11) is 2.99. The molecule has 1 aliphatic rings. The molecule has 38 heavy (non-hydrogen) atoms. The van der Waals surface area contributed by atoms with Gasteiger partial charge in [-0.25, -0.2) is 9.18 Å². The maximum absolute atomic E-state index is 14.5. The van der Waals surface area contributed by atoms with Gasteiger partial charge in [0.25, 0.3) is 5.91 Å². The average molecular weight is 537 g/mol. The van der Waals surface area contributed by atoms with Gasteiger partial charge in [0, 0.05) is 37.5 Å². The number of phenols is 1. The molecule has 0 spiro atoms. The van der Waals surface area contributed by atoms with Gasteiger partial charge >= 0.3 is 6.09 Å². The number of ether oxygens (including phenoxy) is 3. The van der Waals surface area contributed by atoms with Crippen molar-refractivity contribution in [1.82, 2.24) is 0 Å². The number of carbonyl (C=O) groups is 2. The molecule has 1 aliphatic heterocycles. The normalized spacial score (nSPS) is 30.9. The molecule has 0 aromatic heterocycles. The number of allylic oxidation sites excluding steroid dienone is 1. The molecule has 6 atom stereocenters. The highest BCUT2D eigenvalue weighted by molar-refractivity contribution is 6.03. The quantitative estimate of drug-likeness (QED) is 0.335. The van der Waals surface area contributed by atoms with E-state index >= 15 is 0 Å². The average Bonchev–Trinajstić information content (AvgIpc) is 2.85. The van der Waals surface area contributed by atoms with Crippen LogP contribution in [0.5, 0.6) is 5.75 Å². The Hall–Kier alpha value is -2.95. The molecule has 0 saturated carbocycles. The lowest BCUT2D eigenvalue weighted by molar-refractivity contribution is -0.112. The number of primary amides is 1. The van der Waals surface area contributed by atoms with Gasteiger partial charge in [0.2, 0.25) is 0 Å². The third kappa shape index (κ3) is 8.54. The Labute approximate surface area is 223 Å². The van der Waals surface area contributed by atoms with Crippen LogP contribution >= 0.6 is 0 Å². The number of aliphatic hydroxyl groups is 1. The molecule has 1 heterocycles. The standard InChI is InChI=1S/C28H41FN2O7/c1-15-10-19-13-20(14-21(29)25(19)33)31-27(34)16(2)8-7-9-22(36-5)26(38-28(30)35)18(4)12-17(3)24(32)23(11-15)37-6/h8,12-15,17,22-24,26,32-33H,7,9-11H2,1-6H3,(H2,30,35)(H,31,34)/b16-8+,18-12+/t15-,17+,22+,23+,24-,26+/m1/s1. The molecule has 2 bridgehead atoms. The van der Waals surface area contributed by atoms with Crippen LogP contribution in [0.15, 0.2) is 35.4 Å². The number of carbonyl (C=O) groups excluding carboxylic acids is 2. The Morgan fingerprint density at radius 3 is 2.42 bits per heavy atom. The number of nitrogens with one attached hydrogen (secondary N) is 1. The van der Waals surface area contributed by atoms with Gasteiger partial charge in [-0.15, -0.1) is 0 Å². The maximum atomic E-state index is 14.5. The zero-order chi connectivity index (χ0) is 28.6. The van der Waals surface area contributed by atoms with Crippen molar-refractivity contribution >= 4 is 17.7 Å². The van der Waals surface area contributed by atoms with E-state index in [1.54, 1.807) is 32.1 Å². The molecule has 212 valence electrons. The highest BCUT2D eigenvalue weighted by Gasteiger charge is 2.30. The zero-order valence-corrected chi connectivity index (χ0v) is 23.0. The van der Waals surface area contributed by atoms with Crippen LogP contribution in [0, 0.1) is 17.7 Å². The van der Waals surface area contributed by atoms with Crippen molar-refractivity contribution in [2.45, 2.75) is 77.8 Å². The van der Waals surface area contributed by atoms with Crippen LogP contribution in [0.1, 0.15) is 52.5 Å². The van der Waals surface area contributed by atoms with Crippen LogP contribution in [0.3, 0.4) is 0 Å². The summed E-state index contributed by atoms with van der Waals surface area (Å²) in [5, 5.41) is 24.1. The number of anilines is 1. The lowest BCUT2D eigenvalue weighted by Gasteiger charge is -2.30. The van der Waals surface area contributed by atoms with Crippen molar-refractivity contribution in [2.75, 3.05) is 19.5 Å². The Morgan fingerprint density at radius 2 is 1.82 bits per heavy atom. The largest absolute Gasteiger partial charge is 0.505 e. The second kappa shape index (κ2) is 14.3. The second-order valence-corrected chi connectivity index (χ2v) is 10.1. The van der Waals surface area contributed by atoms with Crippen LogP contribution < -0.4 is 11.1 Å². The smallest absolute Gasteiger partial charge is 0.405 e. The number of amides is 2. The molecule has 0 saturated heterocycles. The topological polar surface area (TPSA) is 140 Å². The second-order valence-electron chi connectivity index (χ2n) is 10.1. The number of hydrogen-bond donors (Lipinski definition) is 4. The first-order valence-corrected chi connectivity index (χ1v) is 12.7. The van der Waals surface area contributed by atoms with Crippen molar-refractivity contribution < 1.29 is 38.4 Å². The molecule has 0 radical (unpaired) electrons. The third-order valence-corrected chi connectivity index (χ3v) is 6.94. The van der Waals surface area contributed by atoms with Gasteiger partial charge < -0.3 is 35.5 Å². The van der Waals surface area contributed by atoms with E-state index in [-0.39, 0.29) is 17.5 Å². The fraction of sp³-hybridized carbons (Fsp3) is 0.571. The molecule has 1 aromatic carbocycles. The molecular formula is C28H41FN2O7. The van der Waals surface area contributed by atoms with E-state index in [2.05, 4.69) is 5.32 Å². The van der Waals surface area contributed by atoms with E-state index in [4.69, 9.17) is 19.9 Å². The molecule has 0 aliphatic carbocycles. The Balaban J connectivity index is 2.51. The molecule has 9 nitrogen and oxygen atoms in total. The fourth-order valence-corrected chi connectivity index (χ4v) is 4.83. The summed E-state index contributed by atoms with van der Waals surface area (Å²) in [4.78, 5) is 24.4. The number of hydrogen-bond acceptors (Lipinski definition) is 7. The highest BCUT2D eigenvalue weighted by Crippen LogP contribution is 2.31. The number of benzene rings is 1. The van der Waals surface area contributed by atoms with Crippen molar-refractivity contribution in [3.63, 3.8) is 0 Å². The lowest BCUT2D eigenvalue weighted by atomic mass is 9.88. The first kappa shape index (κ1) is 31.3. The first-order chi connectivity index (χ1) is 17.9. The number of aliphatic hydroxyl groups excluding tert-OH is 1. The molecule has 2 rings (SSSR count). The van der Waals surface area contributed by atoms with E-state index in [1.807, 2.05) is 13.8 Å². The third-order valence-electron chi connectivity index (χ3n) is 6.94. The number of methoxy groups -OCH3 is 2. The van der Waals surface area contributed by atoms with E-state index in [0.717, 1.165) is 6.07 Å². The van der Waals surface area contributed by atoms with Crippen molar-refractivity contribution in [3.8, 4) is 5.75 Å². The minimum absolute atomic E-state index is 0.115. The first-order valence-electron chi connectivity index (χ1n) is 12.7. The Kier molecular flexibility index (Phi) is 11.7. The Morgan fingerprint density at radius 1 is 1.16 bits per heavy atom. The summed E-state index contributed by atoms with van der Waals surface area (Å²) in [5.74, 6) is -2.23. The summed E-state index contributed by atoms with van der Waals surface area (Å²) < 4.78 is 31.1. The van der Waals surface area contributed by atoms with Crippen molar-refractivity contribution in [3.05, 3.63) is 46.8 Å². The summed E-state index contributed by atoms with van der Waals surface area (Å²) in [5.41, 5.74) is 6.95. The maximum Gasteiger partial charge on any atom is 0.405 e. The van der Waals surface area contributed by atoms with Crippen molar-refractivity contribution in [2.24, 2.45) is 17.6 Å². The van der Waals surface area contributed by atoms with E-state index in [9.17, 15) is 24.2 Å². The highest BCUT2D eigenvalue weighted by atomic mass is 19.1. The lowest BCUT2D eigenvalue weighted by Crippen LogP contribution is -2.37. The minimum Gasteiger partial charge on any atom is -0.505 e. The van der Waals surface area contributed by atoms with Gasteiger partial charge in [0.05, 0.1) is 18.3 Å². The van der Waals surface area contributed by atoms with Crippen LogP contribution in [-0.4, -0.2) is 60.8 Å². The van der Waals surface area contributed by atoms with E-state index < -0.39 is 48.0 Å². The molecule has 0 fully saturated rings. The van der Waals surface area contributed by atoms with Crippen LogP contribution in [0.2, 0.25) is 0 Å². The molecule has 10 heteroatoms. The summed E-state index contributed by atoms with van der Waals surface area (Å²) >= 11 is 0. The minimum atomic E-state index is -0.955. The van der Waals surface area contributed by atoms with E-state index in [1.165, 1.54) is 14.2 Å². The van der Waals surface area contributed by atoms with Gasteiger partial charge in [0.15, 0.2) is 17.7 Å². The number of nitrogens with two attached hydrogens (primary N) is 1. The van der Waals surface area contributed by atoms with Gasteiger partial charge in [-0.3, -0.25) is 4.79 Å². The predicted molar refractivity (Wildman–Crippen MR) is 142 cm³/mol. The van der Waals surface area contributed by atoms with E-state index in [0.29, 0.717) is 42.4 Å². The van der Waals surface area contributed by atoms with Gasteiger partial charge in [-0.05, 0) is 62.7 Å². The monoisotopic (exact) mass is 536 g/mol.